The van der Waals surface area contributed by atoms with Gasteiger partial charge in [0.1, 0.15) is 12.2 Å². The van der Waals surface area contributed by atoms with Crippen LogP contribution in [0.2, 0.25) is 5.02 Å². The van der Waals surface area contributed by atoms with Crippen molar-refractivity contribution in [2.75, 3.05) is 7.11 Å². The molecular weight excluding hydrogens is 361 g/mol. The van der Waals surface area contributed by atoms with Gasteiger partial charge in [0.15, 0.2) is 0 Å². The van der Waals surface area contributed by atoms with Crippen LogP contribution in [0.15, 0.2) is 16.6 Å². The first-order valence-corrected chi connectivity index (χ1v) is 7.01. The molecule has 8 heteroatoms. The molecule has 1 aliphatic rings. The van der Waals surface area contributed by atoms with E-state index in [1.54, 1.807) is 6.07 Å². The average molecular weight is 371 g/mol. The minimum absolute atomic E-state index is 0.139. The van der Waals surface area contributed by atoms with Crippen LogP contribution in [-0.2, 0) is 4.74 Å². The Labute approximate surface area is 128 Å². The molecule has 1 fully saturated rings. The zero-order valence-electron chi connectivity index (χ0n) is 9.81. The summed E-state index contributed by atoms with van der Waals surface area (Å²) in [6, 6.07) is 2.79. The summed E-state index contributed by atoms with van der Waals surface area (Å²) in [6.45, 7) is 0. The fraction of sp³-hybridized carbons (Fsp3) is 0.455. The van der Waals surface area contributed by atoms with Gasteiger partial charge in [0.25, 0.3) is 0 Å². The van der Waals surface area contributed by atoms with Crippen LogP contribution in [0, 0.1) is 10.1 Å². The molecule has 1 aromatic rings. The van der Waals surface area contributed by atoms with E-state index in [1.807, 2.05) is 0 Å². The lowest BCUT2D eigenvalue weighted by atomic mass is 9.91. The molecule has 3 atom stereocenters. The van der Waals surface area contributed by atoms with E-state index in [0.29, 0.717) is 10.9 Å². The molecule has 104 valence electrons. The number of ether oxygens (including phenoxy) is 2. The number of halogens is 3. The molecule has 1 saturated carbocycles. The second-order valence-electron chi connectivity index (χ2n) is 4.10. The number of nitro groups is 1. The van der Waals surface area contributed by atoms with Gasteiger partial charge in [-0.15, -0.1) is 11.6 Å². The van der Waals surface area contributed by atoms with Gasteiger partial charge in [0, 0.05) is 24.6 Å². The van der Waals surface area contributed by atoms with Crippen LogP contribution in [0.1, 0.15) is 6.42 Å². The van der Waals surface area contributed by atoms with Crippen molar-refractivity contribution in [1.29, 1.82) is 0 Å². The molecule has 2 rings (SSSR count). The number of hydrogen-bond acceptors (Lipinski definition) is 4. The molecule has 0 aliphatic heterocycles. The van der Waals surface area contributed by atoms with E-state index < -0.39 is 4.92 Å². The summed E-state index contributed by atoms with van der Waals surface area (Å²) in [5, 5.41) is 11.1. The highest BCUT2D eigenvalue weighted by Gasteiger charge is 2.43. The van der Waals surface area contributed by atoms with Crippen molar-refractivity contribution in [2.24, 2.45) is 0 Å². The Hall–Kier alpha value is -0.560. The van der Waals surface area contributed by atoms with E-state index in [9.17, 15) is 10.1 Å². The van der Waals surface area contributed by atoms with Crippen molar-refractivity contribution < 1.29 is 14.4 Å². The molecule has 3 unspecified atom stereocenters. The topological polar surface area (TPSA) is 61.6 Å². The summed E-state index contributed by atoms with van der Waals surface area (Å²) >= 11 is 15.0. The molecule has 0 aromatic heterocycles. The van der Waals surface area contributed by atoms with Crippen LogP contribution in [0.4, 0.5) is 5.69 Å². The lowest BCUT2D eigenvalue weighted by Crippen LogP contribution is -2.52. The molecule has 1 aromatic carbocycles. The van der Waals surface area contributed by atoms with Crippen LogP contribution in [0.3, 0.4) is 0 Å². The molecule has 0 saturated heterocycles. The van der Waals surface area contributed by atoms with Crippen LogP contribution >= 0.6 is 39.1 Å². The zero-order chi connectivity index (χ0) is 14.2. The van der Waals surface area contributed by atoms with E-state index in [2.05, 4.69) is 15.9 Å². The van der Waals surface area contributed by atoms with Crippen LogP contribution in [0.5, 0.6) is 5.75 Å². The summed E-state index contributed by atoms with van der Waals surface area (Å²) < 4.78 is 11.3. The Morgan fingerprint density at radius 1 is 1.53 bits per heavy atom. The van der Waals surface area contributed by atoms with Crippen LogP contribution < -0.4 is 4.74 Å². The molecule has 19 heavy (non-hydrogen) atoms. The maximum atomic E-state index is 11.0. The summed E-state index contributed by atoms with van der Waals surface area (Å²) in [5.41, 5.74) is -0.188. The number of nitrogens with zero attached hydrogens (tertiary/aromatic N) is 1. The molecule has 0 spiro atoms. The van der Waals surface area contributed by atoms with Crippen molar-refractivity contribution in [1.82, 2.24) is 0 Å². The quantitative estimate of drug-likeness (QED) is 0.459. The van der Waals surface area contributed by atoms with Gasteiger partial charge in [-0.3, -0.25) is 10.1 Å². The minimum Gasteiger partial charge on any atom is -0.480 e. The Morgan fingerprint density at radius 3 is 2.74 bits per heavy atom. The fourth-order valence-corrected chi connectivity index (χ4v) is 3.22. The zero-order valence-corrected chi connectivity index (χ0v) is 12.9. The van der Waals surface area contributed by atoms with Crippen LogP contribution in [-0.4, -0.2) is 29.6 Å². The smallest absolute Gasteiger partial charge is 0.313 e. The Balaban J connectivity index is 2.27. The van der Waals surface area contributed by atoms with Gasteiger partial charge in [0.2, 0.25) is 5.75 Å². The second-order valence-corrected chi connectivity index (χ2v) is 5.95. The summed E-state index contributed by atoms with van der Waals surface area (Å²) in [5.74, 6) is 0.144. The number of methoxy groups -OCH3 is 1. The van der Waals surface area contributed by atoms with E-state index >= 15 is 0 Å². The van der Waals surface area contributed by atoms with Gasteiger partial charge in [-0.1, -0.05) is 11.6 Å². The van der Waals surface area contributed by atoms with Crippen molar-refractivity contribution in [2.45, 2.75) is 24.0 Å². The first-order valence-electron chi connectivity index (χ1n) is 5.41. The largest absolute Gasteiger partial charge is 0.480 e. The Morgan fingerprint density at radius 2 is 2.21 bits per heavy atom. The first kappa shape index (κ1) is 14.8. The maximum absolute atomic E-state index is 11.0. The molecular formula is C11H10BrCl2NO4. The molecule has 1 aliphatic carbocycles. The van der Waals surface area contributed by atoms with Gasteiger partial charge in [-0.25, -0.2) is 0 Å². The van der Waals surface area contributed by atoms with E-state index in [0.717, 1.165) is 0 Å². The minimum atomic E-state index is -0.537. The summed E-state index contributed by atoms with van der Waals surface area (Å²) in [4.78, 5) is 10.5. The van der Waals surface area contributed by atoms with Crippen molar-refractivity contribution >= 4 is 44.8 Å². The predicted octanol–water partition coefficient (Wildman–Crippen LogP) is 3.78. The summed E-state index contributed by atoms with van der Waals surface area (Å²) in [7, 11) is 1.53. The summed E-state index contributed by atoms with van der Waals surface area (Å²) in [6.07, 6.45) is -0.000689. The number of benzene rings is 1. The molecule has 0 radical (unpaired) electrons. The molecule has 0 bridgehead atoms. The lowest BCUT2D eigenvalue weighted by Gasteiger charge is -2.39. The van der Waals surface area contributed by atoms with Crippen molar-refractivity contribution in [3.63, 3.8) is 0 Å². The number of hydrogen-bond donors (Lipinski definition) is 0. The van der Waals surface area contributed by atoms with Crippen molar-refractivity contribution in [3.8, 4) is 5.75 Å². The third-order valence-electron chi connectivity index (χ3n) is 2.91. The second kappa shape index (κ2) is 5.83. The van der Waals surface area contributed by atoms with Gasteiger partial charge in [-0.2, -0.15) is 0 Å². The third kappa shape index (κ3) is 2.97. The Kier molecular flexibility index (Phi) is 4.55. The maximum Gasteiger partial charge on any atom is 0.313 e. The standard InChI is InChI=1S/C11H10BrCl2NO4/c1-18-11-7(14)4-9(11)19-10-6(12)2-5(13)3-8(10)15(16)17/h2-3,7,9,11H,4H2,1H3. The highest BCUT2D eigenvalue weighted by molar-refractivity contribution is 9.10. The average Bonchev–Trinajstić information content (AvgIpc) is 2.30. The predicted molar refractivity (Wildman–Crippen MR) is 75.3 cm³/mol. The van der Waals surface area contributed by atoms with E-state index in [-0.39, 0.29) is 34.0 Å². The number of rotatable bonds is 4. The van der Waals surface area contributed by atoms with Crippen LogP contribution in [0.25, 0.3) is 0 Å². The Bertz CT molecular complexity index is 514. The fourth-order valence-electron chi connectivity index (χ4n) is 1.89. The van der Waals surface area contributed by atoms with Gasteiger partial charge in [-0.05, 0) is 22.0 Å². The monoisotopic (exact) mass is 369 g/mol. The number of alkyl halides is 1. The molecule has 0 heterocycles. The van der Waals surface area contributed by atoms with Gasteiger partial charge in [0.05, 0.1) is 14.8 Å². The number of nitro benzene ring substituents is 1. The molecule has 0 N–H and O–H groups in total. The molecule has 5 nitrogen and oxygen atoms in total. The van der Waals surface area contributed by atoms with E-state index in [4.69, 9.17) is 32.7 Å². The first-order chi connectivity index (χ1) is 8.93. The van der Waals surface area contributed by atoms with Gasteiger partial charge >= 0.3 is 5.69 Å². The van der Waals surface area contributed by atoms with E-state index in [1.165, 1.54) is 13.2 Å². The highest BCUT2D eigenvalue weighted by atomic mass is 79.9. The third-order valence-corrected chi connectivity index (χ3v) is 4.14. The van der Waals surface area contributed by atoms with Crippen molar-refractivity contribution in [3.05, 3.63) is 31.7 Å². The molecule has 0 amide bonds. The SMILES string of the molecule is COC1C(Cl)CC1Oc1c(Br)cc(Cl)cc1[N+](=O)[O-]. The normalized spacial score (nSPS) is 25.8. The lowest BCUT2D eigenvalue weighted by molar-refractivity contribution is -0.386. The van der Waals surface area contributed by atoms with Gasteiger partial charge < -0.3 is 9.47 Å². The highest BCUT2D eigenvalue weighted by Crippen LogP contribution is 2.41.